The summed E-state index contributed by atoms with van der Waals surface area (Å²) in [6, 6.07) is 13.5. The zero-order valence-electron chi connectivity index (χ0n) is 18.7. The van der Waals surface area contributed by atoms with Gasteiger partial charge in [-0.2, -0.15) is 0 Å². The van der Waals surface area contributed by atoms with Crippen LogP contribution in [0.3, 0.4) is 0 Å². The highest BCUT2D eigenvalue weighted by Crippen LogP contribution is 2.34. The molecule has 1 aliphatic rings. The number of likely N-dealkylation sites (tertiary alicyclic amines) is 1. The number of nitrogens with zero attached hydrogens (tertiary/aromatic N) is 1. The number of nitrogens with two attached hydrogens (primary N) is 1. The van der Waals surface area contributed by atoms with Gasteiger partial charge in [0.25, 0.3) is 0 Å². The minimum atomic E-state index is -0.595. The number of benzene rings is 2. The lowest BCUT2D eigenvalue weighted by Gasteiger charge is -2.32. The maximum atomic E-state index is 12.8. The van der Waals surface area contributed by atoms with Crippen molar-refractivity contribution in [2.45, 2.75) is 25.8 Å². The first-order chi connectivity index (χ1) is 16.5. The highest BCUT2D eigenvalue weighted by molar-refractivity contribution is 5.97. The van der Waals surface area contributed by atoms with Gasteiger partial charge in [0, 0.05) is 28.9 Å². The molecule has 34 heavy (non-hydrogen) atoms. The molecular weight excluding hydrogens is 436 g/mol. The number of hydrogen-bond acceptors (Lipinski definition) is 8. The van der Waals surface area contributed by atoms with E-state index in [1.807, 2.05) is 12.1 Å². The van der Waals surface area contributed by atoms with E-state index in [4.69, 9.17) is 19.6 Å². The summed E-state index contributed by atoms with van der Waals surface area (Å²) in [5.41, 5.74) is 0.859. The van der Waals surface area contributed by atoms with Crippen molar-refractivity contribution in [1.29, 1.82) is 0 Å². The van der Waals surface area contributed by atoms with Crippen LogP contribution >= 0.6 is 0 Å². The third-order valence-corrected chi connectivity index (χ3v) is 6.66. The minimum absolute atomic E-state index is 0.0528. The molecule has 0 aliphatic carbocycles. The Labute approximate surface area is 195 Å². The summed E-state index contributed by atoms with van der Waals surface area (Å²) >= 11 is 0. The SMILES string of the molecule is NOCCC1CCN(Cc2c(O)ccc3c(-c4cc5ccccc5oc4=O)cc(=O)oc23)CC1. The third-order valence-electron chi connectivity index (χ3n) is 6.66. The van der Waals surface area contributed by atoms with Crippen molar-refractivity contribution in [3.63, 3.8) is 0 Å². The number of piperidine rings is 1. The molecule has 176 valence electrons. The molecule has 5 rings (SSSR count). The van der Waals surface area contributed by atoms with Crippen LogP contribution in [0.15, 0.2) is 67.0 Å². The van der Waals surface area contributed by atoms with Crippen molar-refractivity contribution in [3.05, 3.63) is 74.9 Å². The van der Waals surface area contributed by atoms with Crippen molar-refractivity contribution in [1.82, 2.24) is 4.90 Å². The predicted octanol–water partition coefficient (Wildman–Crippen LogP) is 3.76. The molecule has 8 heteroatoms. The van der Waals surface area contributed by atoms with Crippen LogP contribution in [0.4, 0.5) is 0 Å². The Hall–Kier alpha value is -3.46. The Morgan fingerprint density at radius 2 is 1.82 bits per heavy atom. The summed E-state index contributed by atoms with van der Waals surface area (Å²) in [5.74, 6) is 5.75. The molecule has 1 saturated heterocycles. The molecule has 3 heterocycles. The number of phenols is 1. The molecule has 0 spiro atoms. The van der Waals surface area contributed by atoms with Gasteiger partial charge in [-0.3, -0.25) is 4.90 Å². The zero-order valence-corrected chi connectivity index (χ0v) is 18.7. The van der Waals surface area contributed by atoms with Crippen LogP contribution in [0.2, 0.25) is 0 Å². The zero-order chi connectivity index (χ0) is 23.7. The van der Waals surface area contributed by atoms with Crippen molar-refractivity contribution in [3.8, 4) is 16.9 Å². The van der Waals surface area contributed by atoms with Crippen LogP contribution in [0.5, 0.6) is 5.75 Å². The normalized spacial score (nSPS) is 15.3. The molecule has 3 N–H and O–H groups in total. The minimum Gasteiger partial charge on any atom is -0.507 e. The third kappa shape index (κ3) is 4.35. The molecule has 0 saturated carbocycles. The van der Waals surface area contributed by atoms with Gasteiger partial charge < -0.3 is 18.8 Å². The first-order valence-corrected chi connectivity index (χ1v) is 11.4. The molecule has 4 aromatic rings. The fraction of sp³-hybridized carbons (Fsp3) is 0.308. The van der Waals surface area contributed by atoms with Gasteiger partial charge in [-0.25, -0.2) is 15.5 Å². The van der Waals surface area contributed by atoms with E-state index in [1.165, 1.54) is 6.07 Å². The monoisotopic (exact) mass is 462 g/mol. The number of fused-ring (bicyclic) bond motifs is 2. The summed E-state index contributed by atoms with van der Waals surface area (Å²) in [6.07, 6.45) is 2.93. The number of phenolic OH excluding ortho intramolecular Hbond substituents is 1. The van der Waals surface area contributed by atoms with Gasteiger partial charge >= 0.3 is 11.3 Å². The Bertz CT molecular complexity index is 1450. The first-order valence-electron chi connectivity index (χ1n) is 11.4. The van der Waals surface area contributed by atoms with Crippen LogP contribution in [-0.4, -0.2) is 29.7 Å². The van der Waals surface area contributed by atoms with E-state index in [9.17, 15) is 14.7 Å². The van der Waals surface area contributed by atoms with E-state index in [0.717, 1.165) is 37.7 Å². The topological polar surface area (TPSA) is 119 Å². The quantitative estimate of drug-likeness (QED) is 0.328. The van der Waals surface area contributed by atoms with Gasteiger partial charge in [0.15, 0.2) is 0 Å². The molecule has 0 bridgehead atoms. The molecule has 8 nitrogen and oxygen atoms in total. The second-order valence-electron chi connectivity index (χ2n) is 8.78. The fourth-order valence-electron chi connectivity index (χ4n) is 4.79. The largest absolute Gasteiger partial charge is 0.507 e. The number of hydrogen-bond donors (Lipinski definition) is 2. The van der Waals surface area contributed by atoms with Gasteiger partial charge in [-0.05, 0) is 62.5 Å². The average molecular weight is 463 g/mol. The standard InChI is InChI=1S/C26H26N2O6/c27-32-12-9-16-7-10-28(11-8-16)15-21-22(29)6-5-18-19(14-24(30)34-25(18)21)20-13-17-3-1-2-4-23(17)33-26(20)31/h1-6,13-14,16,29H,7-12,15,27H2. The number of aromatic hydroxyl groups is 1. The van der Waals surface area contributed by atoms with Crippen LogP contribution in [0.1, 0.15) is 24.8 Å². The van der Waals surface area contributed by atoms with E-state index in [0.29, 0.717) is 41.2 Å². The van der Waals surface area contributed by atoms with E-state index >= 15 is 0 Å². The van der Waals surface area contributed by atoms with Crippen LogP contribution in [0.25, 0.3) is 33.1 Å². The van der Waals surface area contributed by atoms with Gasteiger partial charge in [0.05, 0.1) is 17.7 Å². The van der Waals surface area contributed by atoms with Crippen molar-refractivity contribution < 1.29 is 18.8 Å². The van der Waals surface area contributed by atoms with Crippen molar-refractivity contribution in [2.24, 2.45) is 11.8 Å². The maximum Gasteiger partial charge on any atom is 0.344 e. The molecule has 2 aromatic heterocycles. The Balaban J connectivity index is 1.54. The van der Waals surface area contributed by atoms with Gasteiger partial charge in [-0.15, -0.1) is 0 Å². The predicted molar refractivity (Wildman–Crippen MR) is 128 cm³/mol. The lowest BCUT2D eigenvalue weighted by Crippen LogP contribution is -2.33. The highest BCUT2D eigenvalue weighted by Gasteiger charge is 2.23. The molecule has 0 amide bonds. The van der Waals surface area contributed by atoms with Crippen molar-refractivity contribution in [2.75, 3.05) is 19.7 Å². The van der Waals surface area contributed by atoms with E-state index < -0.39 is 11.3 Å². The summed E-state index contributed by atoms with van der Waals surface area (Å²) in [4.78, 5) is 32.3. The Morgan fingerprint density at radius 3 is 2.62 bits per heavy atom. The average Bonchev–Trinajstić information content (AvgIpc) is 2.84. The summed E-state index contributed by atoms with van der Waals surface area (Å²) in [6.45, 7) is 2.68. The van der Waals surface area contributed by atoms with E-state index in [2.05, 4.69) is 4.90 Å². The van der Waals surface area contributed by atoms with Crippen molar-refractivity contribution >= 4 is 21.9 Å². The fourth-order valence-corrected chi connectivity index (χ4v) is 4.79. The Kier molecular flexibility index (Phi) is 6.19. The lowest BCUT2D eigenvalue weighted by atomic mass is 9.93. The Morgan fingerprint density at radius 1 is 1.03 bits per heavy atom. The first kappa shape index (κ1) is 22.3. The molecule has 0 radical (unpaired) electrons. The van der Waals surface area contributed by atoms with E-state index in [-0.39, 0.29) is 16.9 Å². The smallest absolute Gasteiger partial charge is 0.344 e. The molecular formula is C26H26N2O6. The van der Waals surface area contributed by atoms with E-state index in [1.54, 1.807) is 30.3 Å². The lowest BCUT2D eigenvalue weighted by molar-refractivity contribution is 0.101. The number of para-hydroxylation sites is 1. The molecule has 1 aliphatic heterocycles. The van der Waals surface area contributed by atoms with Gasteiger partial charge in [0.1, 0.15) is 16.9 Å². The summed E-state index contributed by atoms with van der Waals surface area (Å²) in [7, 11) is 0. The number of rotatable bonds is 6. The molecule has 0 unspecified atom stereocenters. The molecule has 2 aromatic carbocycles. The van der Waals surface area contributed by atoms with Crippen LogP contribution in [-0.2, 0) is 11.4 Å². The summed E-state index contributed by atoms with van der Waals surface area (Å²) in [5, 5.41) is 12.0. The second kappa shape index (κ2) is 9.42. The maximum absolute atomic E-state index is 12.8. The van der Waals surface area contributed by atoms with Crippen LogP contribution in [0, 0.1) is 5.92 Å². The van der Waals surface area contributed by atoms with Gasteiger partial charge in [0.2, 0.25) is 0 Å². The highest BCUT2D eigenvalue weighted by atomic mass is 16.6. The van der Waals surface area contributed by atoms with Crippen LogP contribution < -0.4 is 17.1 Å². The second-order valence-corrected chi connectivity index (χ2v) is 8.78. The van der Waals surface area contributed by atoms with Gasteiger partial charge in [-0.1, -0.05) is 18.2 Å². The molecule has 1 fully saturated rings. The molecule has 0 atom stereocenters. The summed E-state index contributed by atoms with van der Waals surface area (Å²) < 4.78 is 11.1.